The first kappa shape index (κ1) is 19.9. The van der Waals surface area contributed by atoms with Gasteiger partial charge in [0.15, 0.2) is 0 Å². The van der Waals surface area contributed by atoms with Crippen LogP contribution in [-0.2, 0) is 11.8 Å². The molecule has 3 rings (SSSR count). The molecule has 2 aliphatic rings. The summed E-state index contributed by atoms with van der Waals surface area (Å²) in [6, 6.07) is 2.00. The van der Waals surface area contributed by atoms with Crippen molar-refractivity contribution in [2.24, 2.45) is 12.5 Å². The molecule has 1 aromatic heterocycles. The first-order valence-corrected chi connectivity index (χ1v) is 10.1. The fourth-order valence-corrected chi connectivity index (χ4v) is 4.46. The van der Waals surface area contributed by atoms with Gasteiger partial charge in [0.25, 0.3) is 5.91 Å². The van der Waals surface area contributed by atoms with Crippen LogP contribution in [0.25, 0.3) is 0 Å². The van der Waals surface area contributed by atoms with Gasteiger partial charge in [-0.1, -0.05) is 0 Å². The fourth-order valence-electron chi connectivity index (χ4n) is 4.46. The highest BCUT2D eigenvalue weighted by molar-refractivity contribution is 5.95. The number of hydrogen-bond donors (Lipinski definition) is 0. The number of carbonyl (C=O) groups excluding carboxylic acids is 2. The summed E-state index contributed by atoms with van der Waals surface area (Å²) in [5.74, 6) is 0.443. The summed E-state index contributed by atoms with van der Waals surface area (Å²) in [4.78, 5) is 31.5. The fraction of sp³-hybridized carbons (Fsp3) is 0.714. The van der Waals surface area contributed by atoms with Crippen LogP contribution in [0.15, 0.2) is 6.07 Å². The van der Waals surface area contributed by atoms with Crippen molar-refractivity contribution < 1.29 is 9.59 Å². The summed E-state index contributed by atoms with van der Waals surface area (Å²) < 4.78 is 2.08. The van der Waals surface area contributed by atoms with Crippen LogP contribution in [0.4, 0.5) is 0 Å². The Hall–Kier alpha value is -1.82. The highest BCUT2D eigenvalue weighted by Crippen LogP contribution is 2.40. The Labute approximate surface area is 163 Å². The van der Waals surface area contributed by atoms with E-state index in [0.29, 0.717) is 6.42 Å². The Balaban J connectivity index is 1.63. The van der Waals surface area contributed by atoms with E-state index >= 15 is 0 Å². The first-order valence-electron chi connectivity index (χ1n) is 10.1. The minimum absolute atomic E-state index is 0.155. The number of aromatic nitrogens is 1. The molecule has 0 unspecified atom stereocenters. The van der Waals surface area contributed by atoms with E-state index in [1.165, 1.54) is 0 Å². The number of hydrogen-bond acceptors (Lipinski definition) is 3. The van der Waals surface area contributed by atoms with Crippen molar-refractivity contribution in [1.29, 1.82) is 0 Å². The van der Waals surface area contributed by atoms with E-state index in [4.69, 9.17) is 0 Å². The van der Waals surface area contributed by atoms with E-state index < -0.39 is 0 Å². The quantitative estimate of drug-likeness (QED) is 0.810. The van der Waals surface area contributed by atoms with Crippen molar-refractivity contribution >= 4 is 11.8 Å². The molecule has 2 fully saturated rings. The molecule has 2 saturated heterocycles. The Morgan fingerprint density at radius 3 is 2.41 bits per heavy atom. The predicted octanol–water partition coefficient (Wildman–Crippen LogP) is 2.05. The Morgan fingerprint density at radius 2 is 1.85 bits per heavy atom. The van der Waals surface area contributed by atoms with Gasteiger partial charge in [0.1, 0.15) is 0 Å². The van der Waals surface area contributed by atoms with Crippen LogP contribution in [0.2, 0.25) is 0 Å². The molecular weight excluding hydrogens is 340 g/mol. The molecule has 2 aliphatic heterocycles. The Kier molecular flexibility index (Phi) is 5.65. The molecule has 27 heavy (non-hydrogen) atoms. The van der Waals surface area contributed by atoms with E-state index in [1.54, 1.807) is 0 Å². The summed E-state index contributed by atoms with van der Waals surface area (Å²) in [6.07, 6.45) is 3.61. The van der Waals surface area contributed by atoms with Crippen LogP contribution in [0.5, 0.6) is 0 Å². The van der Waals surface area contributed by atoms with E-state index in [1.807, 2.05) is 50.9 Å². The van der Waals surface area contributed by atoms with Crippen LogP contribution in [0.1, 0.15) is 47.4 Å². The van der Waals surface area contributed by atoms with Crippen molar-refractivity contribution in [2.75, 3.05) is 46.8 Å². The third kappa shape index (κ3) is 4.05. The third-order valence-corrected chi connectivity index (χ3v) is 6.68. The third-order valence-electron chi connectivity index (χ3n) is 6.68. The maximum absolute atomic E-state index is 13.0. The number of likely N-dealkylation sites (N-methyl/N-ethyl adjacent to an activating group) is 1. The van der Waals surface area contributed by atoms with Gasteiger partial charge in [-0.2, -0.15) is 0 Å². The standard InChI is InChI=1S/C21H34N4O2/c1-16-14-18(17(2)23(16)5)20(27)24-10-8-21(9-11-24)7-6-19(26)25(15-21)13-12-22(3)4/h14H,6-13,15H2,1-5H3. The van der Waals surface area contributed by atoms with E-state index in [-0.39, 0.29) is 17.2 Å². The number of nitrogens with zero attached hydrogens (tertiary/aromatic N) is 4. The van der Waals surface area contributed by atoms with E-state index in [9.17, 15) is 9.59 Å². The minimum atomic E-state index is 0.155. The summed E-state index contributed by atoms with van der Waals surface area (Å²) in [5.41, 5.74) is 3.18. The highest BCUT2D eigenvalue weighted by Gasteiger charge is 2.41. The lowest BCUT2D eigenvalue weighted by atomic mass is 9.72. The second-order valence-corrected chi connectivity index (χ2v) is 8.75. The van der Waals surface area contributed by atoms with Gasteiger partial charge in [-0.15, -0.1) is 0 Å². The molecule has 0 aliphatic carbocycles. The van der Waals surface area contributed by atoms with Crippen LogP contribution in [0, 0.1) is 19.3 Å². The molecule has 6 heteroatoms. The normalized spacial score (nSPS) is 20.0. The molecule has 0 bridgehead atoms. The van der Waals surface area contributed by atoms with Gasteiger partial charge >= 0.3 is 0 Å². The van der Waals surface area contributed by atoms with Gasteiger partial charge in [-0.25, -0.2) is 0 Å². The molecule has 2 amide bonds. The predicted molar refractivity (Wildman–Crippen MR) is 107 cm³/mol. The second-order valence-electron chi connectivity index (χ2n) is 8.75. The maximum Gasteiger partial charge on any atom is 0.255 e. The number of rotatable bonds is 4. The minimum Gasteiger partial charge on any atom is -0.351 e. The number of aryl methyl sites for hydroxylation is 1. The summed E-state index contributed by atoms with van der Waals surface area (Å²) in [7, 11) is 6.09. The maximum atomic E-state index is 13.0. The van der Waals surface area contributed by atoms with Gasteiger partial charge < -0.3 is 19.3 Å². The highest BCUT2D eigenvalue weighted by atomic mass is 16.2. The van der Waals surface area contributed by atoms with Crippen molar-refractivity contribution in [3.63, 3.8) is 0 Å². The van der Waals surface area contributed by atoms with Gasteiger partial charge in [-0.3, -0.25) is 9.59 Å². The lowest BCUT2D eigenvalue weighted by molar-refractivity contribution is -0.139. The summed E-state index contributed by atoms with van der Waals surface area (Å²) in [6.45, 7) is 8.20. The number of piperidine rings is 2. The molecule has 6 nitrogen and oxygen atoms in total. The van der Waals surface area contributed by atoms with Gasteiger partial charge in [0.2, 0.25) is 5.91 Å². The second kappa shape index (κ2) is 7.66. The molecular formula is C21H34N4O2. The molecule has 0 atom stereocenters. The van der Waals surface area contributed by atoms with Crippen molar-refractivity contribution in [3.8, 4) is 0 Å². The Bertz CT molecular complexity index is 714. The van der Waals surface area contributed by atoms with E-state index in [2.05, 4.69) is 9.47 Å². The average Bonchev–Trinajstić information content (AvgIpc) is 2.90. The van der Waals surface area contributed by atoms with Crippen molar-refractivity contribution in [2.45, 2.75) is 39.5 Å². The van der Waals surface area contributed by atoms with Crippen molar-refractivity contribution in [3.05, 3.63) is 23.0 Å². The van der Waals surface area contributed by atoms with Crippen molar-refractivity contribution in [1.82, 2.24) is 19.3 Å². The zero-order chi connectivity index (χ0) is 19.8. The molecule has 0 radical (unpaired) electrons. The van der Waals surface area contributed by atoms with Gasteiger partial charge in [-0.05, 0) is 58.7 Å². The molecule has 0 aromatic carbocycles. The molecule has 0 saturated carbocycles. The zero-order valence-corrected chi connectivity index (χ0v) is 17.5. The molecule has 1 aromatic rings. The van der Waals surface area contributed by atoms with Crippen LogP contribution >= 0.6 is 0 Å². The molecule has 3 heterocycles. The number of carbonyl (C=O) groups is 2. The first-order chi connectivity index (χ1) is 12.7. The van der Waals surface area contributed by atoms with Gasteiger partial charge in [0.05, 0.1) is 5.56 Å². The van der Waals surface area contributed by atoms with Crippen LogP contribution in [0.3, 0.4) is 0 Å². The largest absolute Gasteiger partial charge is 0.351 e. The zero-order valence-electron chi connectivity index (χ0n) is 17.5. The van der Waals surface area contributed by atoms with Crippen LogP contribution < -0.4 is 0 Å². The number of amides is 2. The SMILES string of the molecule is Cc1cc(C(=O)N2CCC3(CCC(=O)N(CCN(C)C)C3)CC2)c(C)n1C. The average molecular weight is 375 g/mol. The summed E-state index contributed by atoms with van der Waals surface area (Å²) in [5, 5.41) is 0. The lowest BCUT2D eigenvalue weighted by Gasteiger charge is -2.47. The monoisotopic (exact) mass is 374 g/mol. The smallest absolute Gasteiger partial charge is 0.255 e. The molecule has 0 N–H and O–H groups in total. The van der Waals surface area contributed by atoms with E-state index in [0.717, 1.165) is 68.9 Å². The topological polar surface area (TPSA) is 48.8 Å². The number of likely N-dealkylation sites (tertiary alicyclic amines) is 2. The van der Waals surface area contributed by atoms with Gasteiger partial charge in [0, 0.05) is 57.6 Å². The van der Waals surface area contributed by atoms with Crippen LogP contribution in [-0.4, -0.2) is 77.9 Å². The molecule has 1 spiro atoms. The lowest BCUT2D eigenvalue weighted by Crippen LogP contribution is -2.53. The Morgan fingerprint density at radius 1 is 1.19 bits per heavy atom. The summed E-state index contributed by atoms with van der Waals surface area (Å²) >= 11 is 0. The molecule has 150 valence electrons.